The molecule has 2 aromatic rings. The molecular formula is C11H14N4OOs. The van der Waals surface area contributed by atoms with E-state index in [4.69, 9.17) is 4.79 Å². The molecule has 0 unspecified atom stereocenters. The summed E-state index contributed by atoms with van der Waals surface area (Å²) in [4.78, 5) is 16.4. The maximum absolute atomic E-state index is 8.58. The number of pyridine rings is 2. The van der Waals surface area contributed by atoms with E-state index in [2.05, 4.69) is 39.2 Å². The number of amides is 1. The Morgan fingerprint density at radius 3 is 2.76 bits per heavy atom. The maximum Gasteiger partial charge on any atom is 0.204 e. The van der Waals surface area contributed by atoms with Crippen molar-refractivity contribution in [1.82, 2.24) is 15.3 Å². The number of nitrogens with one attached hydrogen (secondary N) is 2. The summed E-state index contributed by atoms with van der Waals surface area (Å²) in [6, 6.07) is 8.29. The van der Waals surface area contributed by atoms with Crippen LogP contribution in [-0.2, 0) is 29.5 Å². The Morgan fingerprint density at radius 2 is 2.12 bits per heavy atom. The smallest absolute Gasteiger partial charge is 0.204 e. The van der Waals surface area contributed by atoms with E-state index < -0.39 is 0 Å². The number of carbonyl (C=O) groups excluding carboxylic acids is 1. The third kappa shape index (κ3) is 4.18. The number of hydrogen-bond acceptors (Lipinski definition) is 3. The minimum Gasteiger partial charge on any atom is -0.372 e. The number of rotatable bonds is 2. The Kier molecular flexibility index (Phi) is 5.68. The molecule has 2 heterocycles. The molecule has 92 valence electrons. The normalized spacial score (nSPS) is 9.53. The van der Waals surface area contributed by atoms with Crippen LogP contribution in [0.4, 0.5) is 0 Å². The summed E-state index contributed by atoms with van der Waals surface area (Å²) in [5.41, 5.74) is 6.19. The Labute approximate surface area is 109 Å². The van der Waals surface area contributed by atoms with E-state index in [1.165, 1.54) is 0 Å². The number of aromatic amines is 1. The van der Waals surface area contributed by atoms with Crippen molar-refractivity contribution >= 4 is 17.4 Å². The zero-order chi connectivity index (χ0) is 12.7. The van der Waals surface area contributed by atoms with Gasteiger partial charge in [0, 0.05) is 0 Å². The molecule has 6 heteroatoms. The molecule has 4 N–H and O–H groups in total. The minimum atomic E-state index is 0.250. The van der Waals surface area contributed by atoms with Gasteiger partial charge in [-0.05, 0) is 0 Å². The molecule has 0 aliphatic carbocycles. The largest absolute Gasteiger partial charge is 0.372 e. The van der Waals surface area contributed by atoms with Gasteiger partial charge in [0.25, 0.3) is 0 Å². The molecule has 0 aliphatic rings. The number of nitrogens with zero attached hydrogens (tertiary/aromatic N) is 1. The predicted molar refractivity (Wildman–Crippen MR) is 62.4 cm³/mol. The molecule has 0 fully saturated rings. The zero-order valence-electron chi connectivity index (χ0n) is 9.38. The van der Waals surface area contributed by atoms with Gasteiger partial charge in [-0.1, -0.05) is 0 Å². The van der Waals surface area contributed by atoms with Crippen molar-refractivity contribution in [2.75, 3.05) is 7.05 Å². The number of primary amides is 1. The number of nitrogens with two attached hydrogens (primary N) is 1. The number of hydrogen-bond donors (Lipinski definition) is 3. The van der Waals surface area contributed by atoms with Crippen molar-refractivity contribution in [2.24, 2.45) is 5.73 Å². The van der Waals surface area contributed by atoms with Crippen molar-refractivity contribution in [1.29, 1.82) is 0 Å². The van der Waals surface area contributed by atoms with Gasteiger partial charge in [-0.2, -0.15) is 0 Å². The topological polar surface area (TPSA) is 83.8 Å². The molecule has 0 spiro atoms. The van der Waals surface area contributed by atoms with Crippen LogP contribution >= 0.6 is 0 Å². The van der Waals surface area contributed by atoms with Gasteiger partial charge in [0.1, 0.15) is 0 Å². The van der Waals surface area contributed by atoms with Crippen LogP contribution < -0.4 is 11.1 Å². The minimum absolute atomic E-state index is 0.250. The van der Waals surface area contributed by atoms with Gasteiger partial charge in [0.15, 0.2) is 0 Å². The summed E-state index contributed by atoms with van der Waals surface area (Å²) >= 11 is 1.83. The number of carbonyl (C=O) groups is 1. The molecule has 0 atom stereocenters. The first-order valence-corrected chi connectivity index (χ1v) is 6.24. The van der Waals surface area contributed by atoms with E-state index in [0.29, 0.717) is 0 Å². The van der Waals surface area contributed by atoms with Crippen LogP contribution in [0.25, 0.3) is 11.0 Å². The first-order valence-electron chi connectivity index (χ1n) is 4.97. The molecule has 0 saturated carbocycles. The fraction of sp³-hybridized carbons (Fsp3) is 0.182. The summed E-state index contributed by atoms with van der Waals surface area (Å²) in [7, 11) is 1.92. The summed E-state index contributed by atoms with van der Waals surface area (Å²) < 4.78 is 1.16. The molecule has 1 amide bonds. The Morgan fingerprint density at radius 1 is 1.47 bits per heavy atom. The fourth-order valence-electron chi connectivity index (χ4n) is 1.34. The van der Waals surface area contributed by atoms with E-state index in [1.807, 2.05) is 31.3 Å². The number of aromatic nitrogens is 2. The zero-order valence-corrected chi connectivity index (χ0v) is 11.9. The second-order valence-electron chi connectivity index (χ2n) is 3.20. The van der Waals surface area contributed by atoms with Gasteiger partial charge in [0.2, 0.25) is 6.41 Å². The molecule has 2 rings (SSSR count). The van der Waals surface area contributed by atoms with Crippen molar-refractivity contribution in [3.63, 3.8) is 0 Å². The summed E-state index contributed by atoms with van der Waals surface area (Å²) in [5, 5.41) is 4.24. The van der Waals surface area contributed by atoms with Crippen LogP contribution in [0.1, 0.15) is 5.69 Å². The molecule has 0 saturated heterocycles. The van der Waals surface area contributed by atoms with Crippen LogP contribution in [0, 0.1) is 3.84 Å². The molecule has 0 bridgehead atoms. The van der Waals surface area contributed by atoms with Gasteiger partial charge >= 0.3 is 91.9 Å². The number of fused-ring (bicyclic) bond motifs is 1. The maximum atomic E-state index is 8.58. The van der Waals surface area contributed by atoms with Gasteiger partial charge in [0.05, 0.1) is 0 Å². The van der Waals surface area contributed by atoms with Crippen LogP contribution in [0.3, 0.4) is 0 Å². The second kappa shape index (κ2) is 7.05. The van der Waals surface area contributed by atoms with Crippen LogP contribution in [0.15, 0.2) is 24.3 Å². The Hall–Kier alpha value is -1.37. The summed E-state index contributed by atoms with van der Waals surface area (Å²) in [6.07, 6.45) is 0.250. The molecular weight excluding hydrogens is 394 g/mol. The summed E-state index contributed by atoms with van der Waals surface area (Å²) in [5.74, 6) is 0. The first-order chi connectivity index (χ1) is 8.21. The van der Waals surface area contributed by atoms with Crippen molar-refractivity contribution in [3.05, 3.63) is 33.8 Å². The molecule has 0 aliphatic heterocycles. The third-order valence-electron chi connectivity index (χ3n) is 1.98. The van der Waals surface area contributed by atoms with E-state index in [0.717, 1.165) is 27.1 Å². The monoisotopic (exact) mass is 410 g/mol. The molecule has 5 nitrogen and oxygen atoms in total. The van der Waals surface area contributed by atoms with E-state index in [-0.39, 0.29) is 6.41 Å². The van der Waals surface area contributed by atoms with Crippen LogP contribution in [-0.4, -0.2) is 23.4 Å². The average Bonchev–Trinajstić information content (AvgIpc) is 2.30. The van der Waals surface area contributed by atoms with Crippen LogP contribution in [0.2, 0.25) is 0 Å². The SMILES string of the molecule is CNCc1ccc2cc[c](=[Os])[nH]c2n1.NC=O. The summed E-state index contributed by atoms with van der Waals surface area (Å²) in [6.45, 7) is 0.806. The van der Waals surface area contributed by atoms with Gasteiger partial charge in [-0.3, -0.25) is 4.79 Å². The standard InChI is InChI=1S/C10H11N3.CH3NO.Os/c1-11-7-9-5-4-8-3-2-6-12-10(8)13-9;2-1-3;/h2-5,11H,7H2,1H3,(H,12,13);1H,(H2,2,3);. The Balaban J connectivity index is 0.000000437. The van der Waals surface area contributed by atoms with Gasteiger partial charge in [-0.15, -0.1) is 0 Å². The van der Waals surface area contributed by atoms with E-state index in [9.17, 15) is 0 Å². The van der Waals surface area contributed by atoms with Crippen LogP contribution in [0.5, 0.6) is 0 Å². The quantitative estimate of drug-likeness (QED) is 0.632. The molecule has 0 aromatic carbocycles. The van der Waals surface area contributed by atoms with Crippen molar-refractivity contribution in [3.8, 4) is 0 Å². The second-order valence-corrected chi connectivity index (χ2v) is 4.57. The van der Waals surface area contributed by atoms with E-state index >= 15 is 0 Å². The Bertz CT molecular complexity index is 552. The van der Waals surface area contributed by atoms with E-state index in [1.54, 1.807) is 0 Å². The molecule has 2 aromatic heterocycles. The molecule has 0 radical (unpaired) electrons. The third-order valence-corrected chi connectivity index (χ3v) is 2.72. The fourth-order valence-corrected chi connectivity index (χ4v) is 1.85. The van der Waals surface area contributed by atoms with Gasteiger partial charge in [-0.25, -0.2) is 0 Å². The van der Waals surface area contributed by atoms with Crippen molar-refractivity contribution < 1.29 is 22.9 Å². The van der Waals surface area contributed by atoms with Crippen molar-refractivity contribution in [2.45, 2.75) is 6.54 Å². The predicted octanol–water partition coefficient (Wildman–Crippen LogP) is 0.463. The number of H-pyrrole nitrogens is 1. The van der Waals surface area contributed by atoms with Gasteiger partial charge < -0.3 is 5.73 Å². The first kappa shape index (κ1) is 13.7. The molecule has 17 heavy (non-hydrogen) atoms. The average molecular weight is 408 g/mol.